The van der Waals surface area contributed by atoms with E-state index in [1.807, 2.05) is 44.2 Å². The third kappa shape index (κ3) is 8.21. The van der Waals surface area contributed by atoms with Gasteiger partial charge < -0.3 is 15.0 Å². The van der Waals surface area contributed by atoms with E-state index < -0.39 is 28.5 Å². The fourth-order valence-corrected chi connectivity index (χ4v) is 5.58. The second-order valence-corrected chi connectivity index (χ2v) is 11.4. The highest BCUT2D eigenvalue weighted by Crippen LogP contribution is 2.23. The summed E-state index contributed by atoms with van der Waals surface area (Å²) in [5.41, 5.74) is 1.23. The number of ether oxygens (including phenoxy) is 1. The number of carbonyl (C=O) groups excluding carboxylic acids is 2. The number of carbonyl (C=O) groups is 2. The summed E-state index contributed by atoms with van der Waals surface area (Å²) in [5.74, 6) is -0.0124. The molecule has 1 saturated carbocycles. The van der Waals surface area contributed by atoms with Crippen molar-refractivity contribution in [2.75, 3.05) is 23.7 Å². The Bertz CT molecular complexity index is 1120. The minimum absolute atomic E-state index is 0.111. The first kappa shape index (κ1) is 28.5. The zero-order chi connectivity index (χ0) is 26.8. The van der Waals surface area contributed by atoms with Crippen LogP contribution in [0.1, 0.15) is 57.9 Å². The molecular formula is C28H39N3O5S. The van der Waals surface area contributed by atoms with Crippen LogP contribution in [-0.2, 0) is 26.2 Å². The maximum absolute atomic E-state index is 13.8. The molecule has 1 aliphatic carbocycles. The first-order valence-corrected chi connectivity index (χ1v) is 14.9. The number of anilines is 1. The van der Waals surface area contributed by atoms with Gasteiger partial charge in [0.1, 0.15) is 18.3 Å². The maximum atomic E-state index is 13.8. The smallest absolute Gasteiger partial charge is 0.244 e. The monoisotopic (exact) mass is 529 g/mol. The van der Waals surface area contributed by atoms with Gasteiger partial charge in [0.25, 0.3) is 0 Å². The van der Waals surface area contributed by atoms with Crippen molar-refractivity contribution in [2.45, 2.75) is 71.0 Å². The summed E-state index contributed by atoms with van der Waals surface area (Å²) in [6.07, 6.45) is 6.71. The van der Waals surface area contributed by atoms with E-state index in [0.717, 1.165) is 41.8 Å². The topological polar surface area (TPSA) is 96.0 Å². The van der Waals surface area contributed by atoms with Gasteiger partial charge in [0, 0.05) is 12.6 Å². The lowest BCUT2D eigenvalue weighted by Crippen LogP contribution is -2.53. The average Bonchev–Trinajstić information content (AvgIpc) is 2.88. The molecule has 1 fully saturated rings. The van der Waals surface area contributed by atoms with Crippen LogP contribution in [0.5, 0.6) is 5.75 Å². The Hall–Kier alpha value is -3.07. The molecule has 0 spiro atoms. The third-order valence-corrected chi connectivity index (χ3v) is 7.79. The molecule has 0 radical (unpaired) electrons. The minimum atomic E-state index is -3.78. The van der Waals surface area contributed by atoms with Crippen molar-refractivity contribution in [3.8, 4) is 5.75 Å². The van der Waals surface area contributed by atoms with Gasteiger partial charge >= 0.3 is 0 Å². The van der Waals surface area contributed by atoms with Gasteiger partial charge in [-0.15, -0.1) is 0 Å². The molecule has 9 heteroatoms. The summed E-state index contributed by atoms with van der Waals surface area (Å²) in [6, 6.07) is 15.4. The van der Waals surface area contributed by atoms with E-state index in [-0.39, 0.29) is 18.5 Å². The number of hydrogen-bond donors (Lipinski definition) is 1. The fraction of sp³-hybridized carbons (Fsp3) is 0.500. The van der Waals surface area contributed by atoms with Gasteiger partial charge in [0.15, 0.2) is 0 Å². The van der Waals surface area contributed by atoms with Crippen molar-refractivity contribution in [2.24, 2.45) is 0 Å². The average molecular weight is 530 g/mol. The molecule has 0 saturated heterocycles. The Morgan fingerprint density at radius 2 is 1.65 bits per heavy atom. The largest absolute Gasteiger partial charge is 0.494 e. The summed E-state index contributed by atoms with van der Waals surface area (Å²) in [5, 5.41) is 3.15. The molecule has 0 heterocycles. The van der Waals surface area contributed by atoms with Crippen molar-refractivity contribution >= 4 is 27.5 Å². The highest BCUT2D eigenvalue weighted by molar-refractivity contribution is 7.92. The first-order chi connectivity index (χ1) is 17.7. The molecule has 1 unspecified atom stereocenters. The zero-order valence-corrected chi connectivity index (χ0v) is 22.9. The van der Waals surface area contributed by atoms with E-state index in [1.54, 1.807) is 24.3 Å². The molecule has 3 rings (SSSR count). The summed E-state index contributed by atoms with van der Waals surface area (Å²) in [4.78, 5) is 28.7. The lowest BCUT2D eigenvalue weighted by molar-refractivity contribution is -0.140. The van der Waals surface area contributed by atoms with Gasteiger partial charge in [-0.2, -0.15) is 0 Å². The SMILES string of the molecule is CCOc1ccc(N(CC(=O)N(Cc2ccccc2)C(CC)C(=O)NC2CCCCC2)S(C)(=O)=O)cc1. The van der Waals surface area contributed by atoms with Crippen LogP contribution in [0.4, 0.5) is 5.69 Å². The van der Waals surface area contributed by atoms with E-state index >= 15 is 0 Å². The predicted octanol–water partition coefficient (Wildman–Crippen LogP) is 4.11. The van der Waals surface area contributed by atoms with Gasteiger partial charge in [-0.1, -0.05) is 56.5 Å². The van der Waals surface area contributed by atoms with Gasteiger partial charge in [-0.05, 0) is 56.0 Å². The molecule has 2 aromatic rings. The van der Waals surface area contributed by atoms with E-state index in [2.05, 4.69) is 5.32 Å². The normalized spacial score (nSPS) is 15.0. The van der Waals surface area contributed by atoms with Crippen LogP contribution in [-0.4, -0.2) is 56.6 Å². The summed E-state index contributed by atoms with van der Waals surface area (Å²) < 4.78 is 32.0. The molecule has 0 bridgehead atoms. The molecule has 0 aliphatic heterocycles. The number of hydrogen-bond acceptors (Lipinski definition) is 5. The molecular weight excluding hydrogens is 490 g/mol. The highest BCUT2D eigenvalue weighted by atomic mass is 32.2. The van der Waals surface area contributed by atoms with Crippen LogP contribution < -0.4 is 14.4 Å². The van der Waals surface area contributed by atoms with Crippen molar-refractivity contribution in [3.05, 3.63) is 60.2 Å². The Balaban J connectivity index is 1.87. The Kier molecular flexibility index (Phi) is 10.4. The summed E-state index contributed by atoms with van der Waals surface area (Å²) in [7, 11) is -3.78. The van der Waals surface area contributed by atoms with E-state index in [4.69, 9.17) is 4.74 Å². The molecule has 1 aliphatic rings. The van der Waals surface area contributed by atoms with Gasteiger partial charge in [0.05, 0.1) is 18.6 Å². The van der Waals surface area contributed by atoms with Crippen molar-refractivity contribution in [1.29, 1.82) is 0 Å². The first-order valence-electron chi connectivity index (χ1n) is 13.1. The number of nitrogens with one attached hydrogen (secondary N) is 1. The van der Waals surface area contributed by atoms with Crippen LogP contribution >= 0.6 is 0 Å². The third-order valence-electron chi connectivity index (χ3n) is 6.65. The lowest BCUT2D eigenvalue weighted by atomic mass is 9.95. The van der Waals surface area contributed by atoms with Crippen LogP contribution in [0.3, 0.4) is 0 Å². The van der Waals surface area contributed by atoms with Crippen molar-refractivity contribution in [1.82, 2.24) is 10.2 Å². The minimum Gasteiger partial charge on any atom is -0.494 e. The van der Waals surface area contributed by atoms with E-state index in [1.165, 1.54) is 11.3 Å². The number of rotatable bonds is 12. The Morgan fingerprint density at radius 1 is 1.00 bits per heavy atom. The van der Waals surface area contributed by atoms with Gasteiger partial charge in [-0.25, -0.2) is 8.42 Å². The molecule has 1 N–H and O–H groups in total. The highest BCUT2D eigenvalue weighted by Gasteiger charge is 2.32. The molecule has 37 heavy (non-hydrogen) atoms. The Morgan fingerprint density at radius 3 is 2.22 bits per heavy atom. The zero-order valence-electron chi connectivity index (χ0n) is 22.1. The number of sulfonamides is 1. The summed E-state index contributed by atoms with van der Waals surface area (Å²) >= 11 is 0. The molecule has 2 amide bonds. The second-order valence-electron chi connectivity index (χ2n) is 9.47. The maximum Gasteiger partial charge on any atom is 0.244 e. The van der Waals surface area contributed by atoms with Gasteiger partial charge in [0.2, 0.25) is 21.8 Å². The van der Waals surface area contributed by atoms with Crippen LogP contribution in [0.2, 0.25) is 0 Å². The Labute approximate surface area is 221 Å². The number of nitrogens with zero attached hydrogens (tertiary/aromatic N) is 2. The molecule has 0 aromatic heterocycles. The van der Waals surface area contributed by atoms with E-state index in [9.17, 15) is 18.0 Å². The molecule has 202 valence electrons. The predicted molar refractivity (Wildman–Crippen MR) is 146 cm³/mol. The van der Waals surface area contributed by atoms with Crippen LogP contribution in [0.15, 0.2) is 54.6 Å². The standard InChI is InChI=1S/C28H39N3O5S/c1-4-26(28(33)29-23-14-10-7-11-15-23)30(20-22-12-8-6-9-13-22)27(32)21-31(37(3,34)35)24-16-18-25(19-17-24)36-5-2/h6,8-9,12-13,16-19,23,26H,4-5,7,10-11,14-15,20-21H2,1-3H3,(H,29,33). The van der Waals surface area contributed by atoms with Crippen LogP contribution in [0, 0.1) is 0 Å². The number of amides is 2. The quantitative estimate of drug-likeness (QED) is 0.447. The molecule has 8 nitrogen and oxygen atoms in total. The molecule has 2 aromatic carbocycles. The van der Waals surface area contributed by atoms with E-state index in [0.29, 0.717) is 24.5 Å². The fourth-order valence-electron chi connectivity index (χ4n) is 4.73. The van der Waals surface area contributed by atoms with Crippen molar-refractivity contribution in [3.63, 3.8) is 0 Å². The summed E-state index contributed by atoms with van der Waals surface area (Å²) in [6.45, 7) is 4.02. The van der Waals surface area contributed by atoms with Gasteiger partial charge in [-0.3, -0.25) is 13.9 Å². The lowest BCUT2D eigenvalue weighted by Gasteiger charge is -2.34. The molecule has 1 atom stereocenters. The second kappa shape index (κ2) is 13.5. The number of benzene rings is 2. The van der Waals surface area contributed by atoms with Crippen LogP contribution in [0.25, 0.3) is 0 Å². The van der Waals surface area contributed by atoms with Crippen molar-refractivity contribution < 1.29 is 22.7 Å².